The van der Waals surface area contributed by atoms with Crippen LogP contribution >= 0.6 is 0 Å². The molecule has 4 heterocycles. The van der Waals surface area contributed by atoms with Crippen LogP contribution in [0.4, 0.5) is 34.6 Å². The molecular formula is C45H36N10O10. The number of carboxylic acids is 1. The maximum atomic E-state index is 11.4. The lowest BCUT2D eigenvalue weighted by molar-refractivity contribution is -0.383. The van der Waals surface area contributed by atoms with Gasteiger partial charge >= 0.3 is 11.9 Å². The number of carbonyl (C=O) groups excluding carboxylic acids is 1. The second-order valence-corrected chi connectivity index (χ2v) is 13.8. The van der Waals surface area contributed by atoms with E-state index in [9.17, 15) is 29.8 Å². The number of aliphatic carboxylic acids is 1. The summed E-state index contributed by atoms with van der Waals surface area (Å²) in [5, 5.41) is 39.9. The first-order chi connectivity index (χ1) is 31.5. The fourth-order valence-corrected chi connectivity index (χ4v) is 6.41. The van der Waals surface area contributed by atoms with Crippen molar-refractivity contribution < 1.29 is 38.8 Å². The Kier molecular flexibility index (Phi) is 13.9. The zero-order chi connectivity index (χ0) is 45.7. The SMILES string of the molecule is COC(=O)Cc1cncc(Nc2cc(COc3ccc([N+](=O)[O-])c4ccccc34)ccn2)n1.O=C(O)Cc1cncc(Nc2cc(COc3ccc([N+](=O)[O-])c4ccccc34)ccn2)n1. The molecule has 326 valence electrons. The maximum absolute atomic E-state index is 11.4. The zero-order valence-electron chi connectivity index (χ0n) is 34.2. The van der Waals surface area contributed by atoms with Crippen molar-refractivity contribution in [2.75, 3.05) is 17.7 Å². The third-order valence-corrected chi connectivity index (χ3v) is 9.32. The van der Waals surface area contributed by atoms with Crippen molar-refractivity contribution in [3.63, 3.8) is 0 Å². The smallest absolute Gasteiger partial charge is 0.311 e. The van der Waals surface area contributed by atoms with Crippen molar-refractivity contribution in [2.45, 2.75) is 26.1 Å². The molecule has 3 N–H and O–H groups in total. The Morgan fingerprint density at radius 3 is 1.48 bits per heavy atom. The first-order valence-corrected chi connectivity index (χ1v) is 19.4. The highest BCUT2D eigenvalue weighted by atomic mass is 16.6. The number of anilines is 4. The van der Waals surface area contributed by atoms with Gasteiger partial charge in [-0.05, 0) is 59.7 Å². The van der Waals surface area contributed by atoms with E-state index in [-0.39, 0.29) is 37.4 Å². The molecule has 0 atom stereocenters. The molecular weight excluding hydrogens is 841 g/mol. The number of nitrogens with one attached hydrogen (secondary N) is 2. The molecule has 8 rings (SSSR count). The quantitative estimate of drug-likeness (QED) is 0.0473. The lowest BCUT2D eigenvalue weighted by Crippen LogP contribution is -2.08. The molecule has 0 saturated heterocycles. The minimum absolute atomic E-state index is 0.0174. The zero-order valence-corrected chi connectivity index (χ0v) is 34.2. The summed E-state index contributed by atoms with van der Waals surface area (Å²) in [5.41, 5.74) is 2.48. The Morgan fingerprint density at radius 1 is 0.600 bits per heavy atom. The third-order valence-electron chi connectivity index (χ3n) is 9.32. The van der Waals surface area contributed by atoms with Gasteiger partial charge < -0.3 is 30.0 Å². The number of methoxy groups -OCH3 is 1. The van der Waals surface area contributed by atoms with Crippen LogP contribution in [0.3, 0.4) is 0 Å². The molecule has 0 fully saturated rings. The van der Waals surface area contributed by atoms with E-state index in [0.717, 1.165) is 11.1 Å². The molecule has 65 heavy (non-hydrogen) atoms. The van der Waals surface area contributed by atoms with Crippen LogP contribution in [0.5, 0.6) is 11.5 Å². The largest absolute Gasteiger partial charge is 0.488 e. The normalized spacial score (nSPS) is 10.6. The monoisotopic (exact) mass is 876 g/mol. The van der Waals surface area contributed by atoms with Crippen LogP contribution in [0, 0.1) is 20.2 Å². The topological polar surface area (TPSA) is 270 Å². The lowest BCUT2D eigenvalue weighted by Gasteiger charge is -2.11. The van der Waals surface area contributed by atoms with E-state index in [1.54, 1.807) is 91.3 Å². The van der Waals surface area contributed by atoms with Gasteiger partial charge in [0.15, 0.2) is 0 Å². The van der Waals surface area contributed by atoms with Crippen LogP contribution in [0.2, 0.25) is 0 Å². The van der Waals surface area contributed by atoms with E-state index in [4.69, 9.17) is 14.6 Å². The minimum Gasteiger partial charge on any atom is -0.488 e. The molecule has 0 radical (unpaired) electrons. The second kappa shape index (κ2) is 20.6. The number of carboxylic acid groups (broad SMARTS) is 1. The van der Waals surface area contributed by atoms with Gasteiger partial charge in [0.2, 0.25) is 0 Å². The lowest BCUT2D eigenvalue weighted by atomic mass is 10.1. The summed E-state index contributed by atoms with van der Waals surface area (Å²) < 4.78 is 16.5. The van der Waals surface area contributed by atoms with Gasteiger partial charge in [-0.2, -0.15) is 0 Å². The number of fused-ring (bicyclic) bond motifs is 2. The summed E-state index contributed by atoms with van der Waals surface area (Å²) in [6, 6.07) is 27.3. The highest BCUT2D eigenvalue weighted by Gasteiger charge is 2.17. The van der Waals surface area contributed by atoms with Gasteiger partial charge in [-0.3, -0.25) is 39.8 Å². The number of rotatable bonds is 16. The molecule has 0 unspecified atom stereocenters. The number of nitro benzene ring substituents is 2. The highest BCUT2D eigenvalue weighted by molar-refractivity contribution is 5.96. The molecule has 0 amide bonds. The molecule has 4 aromatic heterocycles. The highest BCUT2D eigenvalue weighted by Crippen LogP contribution is 2.34. The van der Waals surface area contributed by atoms with Crippen LogP contribution in [-0.4, -0.2) is 63.9 Å². The summed E-state index contributed by atoms with van der Waals surface area (Å²) in [4.78, 5) is 69.2. The third kappa shape index (κ3) is 11.6. The fraction of sp³-hybridized carbons (Fsp3) is 0.111. The molecule has 0 saturated carbocycles. The summed E-state index contributed by atoms with van der Waals surface area (Å²) >= 11 is 0. The Labute approximate surface area is 368 Å². The summed E-state index contributed by atoms with van der Waals surface area (Å²) in [6.45, 7) is 0.441. The van der Waals surface area contributed by atoms with Gasteiger partial charge in [-0.25, -0.2) is 19.9 Å². The predicted octanol–water partition coefficient (Wildman–Crippen LogP) is 7.85. The Hall–Kier alpha value is -9.20. The first-order valence-electron chi connectivity index (χ1n) is 19.4. The van der Waals surface area contributed by atoms with Gasteiger partial charge in [0.05, 0.1) is 64.4 Å². The molecule has 0 bridgehead atoms. The van der Waals surface area contributed by atoms with Crippen LogP contribution in [-0.2, 0) is 40.4 Å². The van der Waals surface area contributed by atoms with Crippen molar-refractivity contribution in [3.8, 4) is 11.5 Å². The van der Waals surface area contributed by atoms with E-state index in [0.29, 0.717) is 67.7 Å². The molecule has 0 spiro atoms. The number of pyridine rings is 2. The van der Waals surface area contributed by atoms with Crippen molar-refractivity contribution in [2.24, 2.45) is 0 Å². The summed E-state index contributed by atoms with van der Waals surface area (Å²) in [5.74, 6) is 1.49. The van der Waals surface area contributed by atoms with E-state index in [1.165, 1.54) is 44.0 Å². The van der Waals surface area contributed by atoms with Gasteiger partial charge in [0, 0.05) is 47.7 Å². The van der Waals surface area contributed by atoms with Crippen molar-refractivity contribution in [1.82, 2.24) is 29.9 Å². The molecule has 20 nitrogen and oxygen atoms in total. The fourth-order valence-electron chi connectivity index (χ4n) is 6.41. The Balaban J connectivity index is 0.000000194. The van der Waals surface area contributed by atoms with Gasteiger partial charge in [0.25, 0.3) is 11.4 Å². The number of hydrogen-bond donors (Lipinski definition) is 3. The average molecular weight is 877 g/mol. The second-order valence-electron chi connectivity index (χ2n) is 13.8. The van der Waals surface area contributed by atoms with Crippen LogP contribution in [0.1, 0.15) is 22.5 Å². The Morgan fingerprint density at radius 2 is 1.05 bits per heavy atom. The number of aromatic nitrogens is 6. The van der Waals surface area contributed by atoms with Gasteiger partial charge in [-0.15, -0.1) is 0 Å². The number of nitro groups is 2. The van der Waals surface area contributed by atoms with Gasteiger partial charge in [0.1, 0.15) is 48.0 Å². The molecule has 20 heteroatoms. The number of carbonyl (C=O) groups is 2. The minimum atomic E-state index is -0.993. The first kappa shape index (κ1) is 43.9. The molecule has 0 aliphatic heterocycles. The van der Waals surface area contributed by atoms with Crippen LogP contribution in [0.15, 0.2) is 134 Å². The van der Waals surface area contributed by atoms with E-state index in [2.05, 4.69) is 45.3 Å². The van der Waals surface area contributed by atoms with Crippen LogP contribution < -0.4 is 20.1 Å². The van der Waals surface area contributed by atoms with Crippen LogP contribution in [0.25, 0.3) is 21.5 Å². The van der Waals surface area contributed by atoms with Crippen molar-refractivity contribution in [3.05, 3.63) is 177 Å². The van der Waals surface area contributed by atoms with E-state index < -0.39 is 21.8 Å². The standard InChI is InChI=1S/C23H19N5O5.C22H17N5O5/c1-32-23(29)11-16-12-24-13-22(26-16)27-21-10-15(8-9-25-21)14-33-20-7-6-19(28(30)31)17-4-2-3-5-18(17)20;28-22(29)10-15-11-23-12-21(25-15)26-20-9-14(7-8-24-20)13-32-19-6-5-18(27(30)31)16-3-1-2-4-17(16)19/h2-10,12-13H,11,14H2,1H3,(H,25,26,27);1-9,11-12H,10,13H2,(H,28,29)(H,24,25,26). The summed E-state index contributed by atoms with van der Waals surface area (Å²) in [7, 11) is 1.31. The molecule has 0 aliphatic carbocycles. The predicted molar refractivity (Wildman–Crippen MR) is 236 cm³/mol. The molecule has 0 aliphatic rings. The number of non-ortho nitro benzene ring substituents is 2. The number of ether oxygens (including phenoxy) is 3. The maximum Gasteiger partial charge on any atom is 0.311 e. The number of nitrogens with zero attached hydrogens (tertiary/aromatic N) is 8. The van der Waals surface area contributed by atoms with E-state index >= 15 is 0 Å². The molecule has 8 aromatic rings. The molecule has 4 aromatic carbocycles. The Bertz CT molecular complexity index is 3050. The van der Waals surface area contributed by atoms with Crippen molar-refractivity contribution >= 4 is 68.1 Å². The number of esters is 1. The van der Waals surface area contributed by atoms with Gasteiger partial charge in [-0.1, -0.05) is 36.4 Å². The average Bonchev–Trinajstić information content (AvgIpc) is 3.30. The number of hydrogen-bond acceptors (Lipinski definition) is 17. The van der Waals surface area contributed by atoms with Crippen molar-refractivity contribution in [1.29, 1.82) is 0 Å². The van der Waals surface area contributed by atoms with E-state index in [1.807, 2.05) is 6.07 Å². The summed E-state index contributed by atoms with van der Waals surface area (Å²) in [6.07, 6.45) is 8.90. The number of benzene rings is 4.